The summed E-state index contributed by atoms with van der Waals surface area (Å²) < 4.78 is 4.09. The van der Waals surface area contributed by atoms with Crippen molar-refractivity contribution in [1.82, 2.24) is 19.6 Å². The molecule has 0 spiro atoms. The van der Waals surface area contributed by atoms with Gasteiger partial charge in [0.15, 0.2) is 5.69 Å². The summed E-state index contributed by atoms with van der Waals surface area (Å²) in [5, 5.41) is 20.0. The van der Waals surface area contributed by atoms with Gasteiger partial charge in [0.2, 0.25) is 0 Å². The van der Waals surface area contributed by atoms with Gasteiger partial charge >= 0.3 is 5.97 Å². The zero-order chi connectivity index (χ0) is 19.6. The number of nitrogens with zero attached hydrogens (tertiary/aromatic N) is 4. The molecule has 0 bridgehead atoms. The van der Waals surface area contributed by atoms with Gasteiger partial charge in [-0.25, -0.2) is 0 Å². The van der Waals surface area contributed by atoms with Crippen molar-refractivity contribution in [2.75, 3.05) is 5.32 Å². The van der Waals surface area contributed by atoms with E-state index in [4.69, 9.17) is 5.11 Å². The summed E-state index contributed by atoms with van der Waals surface area (Å²) in [5.74, 6) is -1.42. The molecule has 0 fully saturated rings. The van der Waals surface area contributed by atoms with Crippen LogP contribution in [0.3, 0.4) is 0 Å². The number of hydrogen-bond acceptors (Lipinski definition) is 4. The van der Waals surface area contributed by atoms with E-state index in [1.807, 2.05) is 36.7 Å². The molecule has 8 nitrogen and oxygen atoms in total. The molecule has 0 aliphatic rings. The zero-order valence-electron chi connectivity index (χ0n) is 14.8. The van der Waals surface area contributed by atoms with Crippen molar-refractivity contribution < 1.29 is 14.7 Å². The Morgan fingerprint density at radius 3 is 2.67 bits per heavy atom. The number of carbonyl (C=O) groups is 2. The average molecular weight is 432 g/mol. The lowest BCUT2D eigenvalue weighted by molar-refractivity contribution is -0.137. The number of amides is 1. The second-order valence-electron chi connectivity index (χ2n) is 6.09. The van der Waals surface area contributed by atoms with E-state index in [1.165, 1.54) is 16.9 Å². The fraction of sp³-hybridized carbons (Fsp3) is 0.222. The number of aliphatic carboxylic acids is 1. The quantitative estimate of drug-likeness (QED) is 0.624. The Balaban J connectivity index is 1.71. The standard InChI is InChI=1S/C18H18BrN5O3/c1-11-17(19)12(2)24(21-11)9-13-4-3-5-14(8-13)20-18(27)15-6-7-23(22-15)10-16(25)26/h3-8H,9-10H2,1-2H3,(H,20,27)(H,25,26). The van der Waals surface area contributed by atoms with Crippen LogP contribution in [0.5, 0.6) is 0 Å². The molecule has 0 unspecified atom stereocenters. The topological polar surface area (TPSA) is 102 Å². The lowest BCUT2D eigenvalue weighted by atomic mass is 10.2. The van der Waals surface area contributed by atoms with Gasteiger partial charge in [0.25, 0.3) is 5.91 Å². The van der Waals surface area contributed by atoms with E-state index in [1.54, 1.807) is 6.07 Å². The van der Waals surface area contributed by atoms with Gasteiger partial charge in [0.1, 0.15) is 6.54 Å². The minimum atomic E-state index is -1.02. The maximum Gasteiger partial charge on any atom is 0.325 e. The van der Waals surface area contributed by atoms with Crippen LogP contribution in [0.15, 0.2) is 41.0 Å². The summed E-state index contributed by atoms with van der Waals surface area (Å²) >= 11 is 3.52. The molecule has 0 radical (unpaired) electrons. The molecule has 0 aliphatic heterocycles. The van der Waals surface area contributed by atoms with Crippen LogP contribution >= 0.6 is 15.9 Å². The van der Waals surface area contributed by atoms with Crippen molar-refractivity contribution in [3.63, 3.8) is 0 Å². The molecule has 3 aromatic rings. The number of carbonyl (C=O) groups excluding carboxylic acids is 1. The van der Waals surface area contributed by atoms with Crippen LogP contribution in [0.4, 0.5) is 5.69 Å². The average Bonchev–Trinajstić information content (AvgIpc) is 3.16. The fourth-order valence-electron chi connectivity index (χ4n) is 2.65. The van der Waals surface area contributed by atoms with E-state index >= 15 is 0 Å². The summed E-state index contributed by atoms with van der Waals surface area (Å²) in [5.41, 5.74) is 3.73. The highest BCUT2D eigenvalue weighted by molar-refractivity contribution is 9.10. The molecular formula is C18H18BrN5O3. The summed E-state index contributed by atoms with van der Waals surface area (Å²) in [4.78, 5) is 23.0. The second kappa shape index (κ2) is 7.75. The van der Waals surface area contributed by atoms with E-state index < -0.39 is 11.9 Å². The van der Waals surface area contributed by atoms with Crippen molar-refractivity contribution >= 4 is 33.5 Å². The highest BCUT2D eigenvalue weighted by atomic mass is 79.9. The smallest absolute Gasteiger partial charge is 0.325 e. The molecule has 1 aromatic carbocycles. The van der Waals surface area contributed by atoms with Gasteiger partial charge in [-0.05, 0) is 53.5 Å². The molecule has 27 heavy (non-hydrogen) atoms. The van der Waals surface area contributed by atoms with Crippen LogP contribution in [0, 0.1) is 13.8 Å². The molecule has 0 atom stereocenters. The largest absolute Gasteiger partial charge is 0.480 e. The Kier molecular flexibility index (Phi) is 5.41. The van der Waals surface area contributed by atoms with Crippen LogP contribution in [0.1, 0.15) is 27.4 Å². The highest BCUT2D eigenvalue weighted by Gasteiger charge is 2.12. The number of aryl methyl sites for hydroxylation is 1. The fourth-order valence-corrected chi connectivity index (χ4v) is 2.94. The third-order valence-corrected chi connectivity index (χ3v) is 5.13. The summed E-state index contributed by atoms with van der Waals surface area (Å²) in [7, 11) is 0. The van der Waals surface area contributed by atoms with Crippen molar-refractivity contribution in [2.45, 2.75) is 26.9 Å². The predicted octanol–water partition coefficient (Wildman–Crippen LogP) is 2.84. The van der Waals surface area contributed by atoms with Gasteiger partial charge in [-0.3, -0.25) is 19.0 Å². The zero-order valence-corrected chi connectivity index (χ0v) is 16.4. The summed E-state index contributed by atoms with van der Waals surface area (Å²) in [6.07, 6.45) is 1.46. The Bertz CT molecular complexity index is 1010. The van der Waals surface area contributed by atoms with Crippen LogP contribution in [-0.4, -0.2) is 36.5 Å². The van der Waals surface area contributed by atoms with E-state index in [-0.39, 0.29) is 12.2 Å². The Morgan fingerprint density at radius 2 is 2.00 bits per heavy atom. The number of carboxylic acids is 1. The molecule has 2 aromatic heterocycles. The molecule has 1 amide bonds. The number of hydrogen-bond donors (Lipinski definition) is 2. The van der Waals surface area contributed by atoms with Crippen molar-refractivity contribution in [3.8, 4) is 0 Å². The molecular weight excluding hydrogens is 414 g/mol. The van der Waals surface area contributed by atoms with E-state index in [0.29, 0.717) is 12.2 Å². The molecule has 9 heteroatoms. The number of aromatic nitrogens is 4. The van der Waals surface area contributed by atoms with Gasteiger partial charge < -0.3 is 10.4 Å². The van der Waals surface area contributed by atoms with Crippen molar-refractivity contribution in [1.29, 1.82) is 0 Å². The number of nitrogens with one attached hydrogen (secondary N) is 1. The Hall–Kier alpha value is -2.94. The molecule has 140 valence electrons. The highest BCUT2D eigenvalue weighted by Crippen LogP contribution is 2.21. The predicted molar refractivity (Wildman–Crippen MR) is 103 cm³/mol. The normalized spacial score (nSPS) is 10.8. The first-order chi connectivity index (χ1) is 12.8. The first-order valence-electron chi connectivity index (χ1n) is 8.18. The van der Waals surface area contributed by atoms with E-state index in [9.17, 15) is 9.59 Å². The van der Waals surface area contributed by atoms with Gasteiger partial charge in [0.05, 0.1) is 22.4 Å². The maximum atomic E-state index is 12.3. The van der Waals surface area contributed by atoms with E-state index in [2.05, 4.69) is 31.4 Å². The van der Waals surface area contributed by atoms with Gasteiger partial charge in [0, 0.05) is 11.9 Å². The first-order valence-corrected chi connectivity index (χ1v) is 8.98. The molecule has 3 rings (SSSR count). The van der Waals surface area contributed by atoms with Crippen LogP contribution in [0.25, 0.3) is 0 Å². The number of rotatable bonds is 6. The third kappa shape index (κ3) is 4.43. The van der Waals surface area contributed by atoms with Gasteiger partial charge in [-0.2, -0.15) is 10.2 Å². The molecule has 0 aliphatic carbocycles. The van der Waals surface area contributed by atoms with Crippen LogP contribution in [-0.2, 0) is 17.9 Å². The Morgan fingerprint density at radius 1 is 1.22 bits per heavy atom. The minimum absolute atomic E-state index is 0.157. The monoisotopic (exact) mass is 431 g/mol. The van der Waals surface area contributed by atoms with Gasteiger partial charge in [-0.15, -0.1) is 0 Å². The van der Waals surface area contributed by atoms with Crippen molar-refractivity contribution in [3.05, 3.63) is 63.6 Å². The second-order valence-corrected chi connectivity index (χ2v) is 6.88. The van der Waals surface area contributed by atoms with E-state index in [0.717, 1.165) is 21.4 Å². The molecule has 2 N–H and O–H groups in total. The van der Waals surface area contributed by atoms with Gasteiger partial charge in [-0.1, -0.05) is 12.1 Å². The molecule has 0 saturated carbocycles. The maximum absolute atomic E-state index is 12.3. The van der Waals surface area contributed by atoms with Crippen LogP contribution < -0.4 is 5.32 Å². The summed E-state index contributed by atoms with van der Waals surface area (Å²) in [6.45, 7) is 4.22. The minimum Gasteiger partial charge on any atom is -0.480 e. The summed E-state index contributed by atoms with van der Waals surface area (Å²) in [6, 6.07) is 8.95. The number of carboxylic acid groups (broad SMARTS) is 1. The third-order valence-electron chi connectivity index (χ3n) is 3.98. The number of halogens is 1. The Labute approximate surface area is 163 Å². The molecule has 2 heterocycles. The first kappa shape index (κ1) is 18.8. The lowest BCUT2D eigenvalue weighted by Gasteiger charge is -2.08. The number of benzene rings is 1. The number of anilines is 1. The van der Waals surface area contributed by atoms with Crippen LogP contribution in [0.2, 0.25) is 0 Å². The lowest BCUT2D eigenvalue weighted by Crippen LogP contribution is -2.15. The molecule has 0 saturated heterocycles. The van der Waals surface area contributed by atoms with Crippen molar-refractivity contribution in [2.24, 2.45) is 0 Å². The SMILES string of the molecule is Cc1nn(Cc2cccc(NC(=O)c3ccn(CC(=O)O)n3)c2)c(C)c1Br.